The molecule has 76 valence electrons. The van der Waals surface area contributed by atoms with Gasteiger partial charge in [-0.15, -0.1) is 0 Å². The summed E-state index contributed by atoms with van der Waals surface area (Å²) >= 11 is 0. The molecule has 1 aromatic carbocycles. The first kappa shape index (κ1) is 10.4. The highest BCUT2D eigenvalue weighted by molar-refractivity contribution is 5.81. The maximum Gasteiger partial charge on any atom is 0.328 e. The average molecular weight is 194 g/mol. The number of carbonyl (C=O) groups is 1. The fourth-order valence-corrected chi connectivity index (χ4v) is 0.981. The lowest BCUT2D eigenvalue weighted by molar-refractivity contribution is -0.141. The number of nitrogens with two attached hydrogens (primary N) is 1. The van der Waals surface area contributed by atoms with E-state index in [1.807, 2.05) is 0 Å². The zero-order chi connectivity index (χ0) is 10.8. The van der Waals surface area contributed by atoms with Crippen LogP contribution in [-0.2, 0) is 4.79 Å². The number of carboxylic acid groups (broad SMARTS) is 1. The van der Waals surface area contributed by atoms with E-state index in [-0.39, 0.29) is 0 Å². The van der Waals surface area contributed by atoms with Crippen molar-refractivity contribution in [3.8, 4) is 0 Å². The Balaban J connectivity index is 2.79. The fourth-order valence-electron chi connectivity index (χ4n) is 0.981. The van der Waals surface area contributed by atoms with Crippen molar-refractivity contribution in [2.24, 2.45) is 0 Å². The van der Waals surface area contributed by atoms with Crippen molar-refractivity contribution in [1.82, 2.24) is 0 Å². The minimum absolute atomic E-state index is 0.656. The molecule has 0 spiro atoms. The number of nitrogens with one attached hydrogen (secondary N) is 1. The summed E-state index contributed by atoms with van der Waals surface area (Å²) in [5.41, 5.74) is 5.93. The molecule has 1 aromatic rings. The molecule has 0 saturated heterocycles. The second-order valence-electron chi connectivity index (χ2n) is 3.68. The van der Waals surface area contributed by atoms with Crippen molar-refractivity contribution >= 4 is 17.3 Å². The molecule has 0 aliphatic carbocycles. The zero-order valence-corrected chi connectivity index (χ0v) is 8.24. The number of rotatable bonds is 3. The van der Waals surface area contributed by atoms with Crippen LogP contribution in [0.2, 0.25) is 0 Å². The maximum atomic E-state index is 10.8. The van der Waals surface area contributed by atoms with Crippen LogP contribution in [0.15, 0.2) is 24.3 Å². The first-order valence-corrected chi connectivity index (χ1v) is 4.29. The van der Waals surface area contributed by atoms with Gasteiger partial charge in [0.1, 0.15) is 5.54 Å². The molecule has 4 nitrogen and oxygen atoms in total. The number of nitrogen functional groups attached to an aromatic ring is 1. The van der Waals surface area contributed by atoms with Crippen LogP contribution in [0.5, 0.6) is 0 Å². The van der Waals surface area contributed by atoms with Crippen molar-refractivity contribution in [1.29, 1.82) is 0 Å². The second-order valence-corrected chi connectivity index (χ2v) is 3.68. The monoisotopic (exact) mass is 194 g/mol. The molecule has 0 radical (unpaired) electrons. The van der Waals surface area contributed by atoms with Crippen molar-refractivity contribution in [2.45, 2.75) is 19.4 Å². The maximum absolute atomic E-state index is 10.8. The Morgan fingerprint density at radius 2 is 1.86 bits per heavy atom. The molecule has 1 rings (SSSR count). The van der Waals surface area contributed by atoms with Crippen LogP contribution in [-0.4, -0.2) is 16.6 Å². The molecule has 0 amide bonds. The van der Waals surface area contributed by atoms with Crippen LogP contribution in [0.25, 0.3) is 0 Å². The third kappa shape index (κ3) is 2.39. The first-order chi connectivity index (χ1) is 6.42. The molecular weight excluding hydrogens is 180 g/mol. The molecule has 0 heterocycles. The Bertz CT molecular complexity index is 330. The molecular formula is C10H14N2O2. The van der Waals surface area contributed by atoms with Crippen LogP contribution in [0, 0.1) is 0 Å². The molecule has 0 bridgehead atoms. The number of benzene rings is 1. The molecule has 0 aliphatic heterocycles. The van der Waals surface area contributed by atoms with Crippen LogP contribution in [0.1, 0.15) is 13.8 Å². The smallest absolute Gasteiger partial charge is 0.328 e. The van der Waals surface area contributed by atoms with Gasteiger partial charge in [0.25, 0.3) is 0 Å². The van der Waals surface area contributed by atoms with Crippen LogP contribution < -0.4 is 11.1 Å². The number of hydrogen-bond donors (Lipinski definition) is 3. The third-order valence-electron chi connectivity index (χ3n) is 1.90. The zero-order valence-electron chi connectivity index (χ0n) is 8.24. The highest BCUT2D eigenvalue weighted by Gasteiger charge is 2.26. The summed E-state index contributed by atoms with van der Waals surface area (Å²) in [6.07, 6.45) is 0. The van der Waals surface area contributed by atoms with Gasteiger partial charge in [-0.2, -0.15) is 0 Å². The van der Waals surface area contributed by atoms with E-state index >= 15 is 0 Å². The molecule has 0 aromatic heterocycles. The lowest BCUT2D eigenvalue weighted by atomic mass is 10.1. The van der Waals surface area contributed by atoms with Crippen LogP contribution in [0.3, 0.4) is 0 Å². The van der Waals surface area contributed by atoms with Crippen molar-refractivity contribution in [2.75, 3.05) is 11.1 Å². The molecule has 0 unspecified atom stereocenters. The summed E-state index contributed by atoms with van der Waals surface area (Å²) in [7, 11) is 0. The van der Waals surface area contributed by atoms with E-state index in [4.69, 9.17) is 10.8 Å². The average Bonchev–Trinajstić information content (AvgIpc) is 2.08. The number of hydrogen-bond acceptors (Lipinski definition) is 3. The predicted molar refractivity (Wildman–Crippen MR) is 56.2 cm³/mol. The van der Waals surface area contributed by atoms with Gasteiger partial charge in [0.15, 0.2) is 0 Å². The van der Waals surface area contributed by atoms with Crippen LogP contribution >= 0.6 is 0 Å². The molecule has 0 atom stereocenters. The normalized spacial score (nSPS) is 11.0. The van der Waals surface area contributed by atoms with Crippen molar-refractivity contribution in [3.05, 3.63) is 24.3 Å². The predicted octanol–water partition coefficient (Wildman–Crippen LogP) is 1.54. The topological polar surface area (TPSA) is 75.3 Å². The molecule has 4 N–H and O–H groups in total. The Hall–Kier alpha value is -1.71. The summed E-state index contributed by atoms with van der Waals surface area (Å²) in [4.78, 5) is 10.8. The fraction of sp³-hybridized carbons (Fsp3) is 0.300. The highest BCUT2D eigenvalue weighted by atomic mass is 16.4. The largest absolute Gasteiger partial charge is 0.480 e. The Labute approximate surface area is 82.7 Å². The van der Waals surface area contributed by atoms with Crippen LogP contribution in [0.4, 0.5) is 11.4 Å². The van der Waals surface area contributed by atoms with Gasteiger partial charge in [-0.05, 0) is 38.1 Å². The van der Waals surface area contributed by atoms with Gasteiger partial charge in [-0.3, -0.25) is 0 Å². The second kappa shape index (κ2) is 3.57. The van der Waals surface area contributed by atoms with Gasteiger partial charge < -0.3 is 16.2 Å². The summed E-state index contributed by atoms with van der Waals surface area (Å²) in [5.74, 6) is -0.894. The summed E-state index contributed by atoms with van der Waals surface area (Å²) in [5, 5.41) is 11.8. The van der Waals surface area contributed by atoms with Gasteiger partial charge in [-0.25, -0.2) is 4.79 Å². The standard InChI is InChI=1S/C10H14N2O2/c1-10(2,9(13)14)12-8-5-3-7(11)4-6-8/h3-6,12H,11H2,1-2H3,(H,13,14). The highest BCUT2D eigenvalue weighted by Crippen LogP contribution is 2.16. The van der Waals surface area contributed by atoms with E-state index < -0.39 is 11.5 Å². The van der Waals surface area contributed by atoms with E-state index in [2.05, 4.69) is 5.32 Å². The Morgan fingerprint density at radius 3 is 2.29 bits per heavy atom. The minimum Gasteiger partial charge on any atom is -0.480 e. The number of carboxylic acids is 1. The first-order valence-electron chi connectivity index (χ1n) is 4.29. The minimum atomic E-state index is -0.976. The van der Waals surface area contributed by atoms with E-state index in [1.165, 1.54) is 0 Å². The van der Waals surface area contributed by atoms with Gasteiger partial charge in [-0.1, -0.05) is 0 Å². The number of anilines is 2. The lowest BCUT2D eigenvalue weighted by Crippen LogP contribution is -2.39. The van der Waals surface area contributed by atoms with Crippen molar-refractivity contribution in [3.63, 3.8) is 0 Å². The van der Waals surface area contributed by atoms with Crippen molar-refractivity contribution < 1.29 is 9.90 Å². The summed E-state index contributed by atoms with van der Waals surface area (Å²) in [6, 6.07) is 6.95. The van der Waals surface area contributed by atoms with Gasteiger partial charge in [0.2, 0.25) is 0 Å². The van der Waals surface area contributed by atoms with Gasteiger partial charge in [0, 0.05) is 11.4 Å². The van der Waals surface area contributed by atoms with E-state index in [0.717, 1.165) is 5.69 Å². The van der Waals surface area contributed by atoms with E-state index in [0.29, 0.717) is 5.69 Å². The molecule has 0 aliphatic rings. The number of aliphatic carboxylic acids is 1. The summed E-state index contributed by atoms with van der Waals surface area (Å²) in [6.45, 7) is 3.21. The molecule has 0 fully saturated rings. The Kier molecular flexibility index (Phi) is 2.65. The Morgan fingerprint density at radius 1 is 1.36 bits per heavy atom. The quantitative estimate of drug-likeness (QED) is 0.638. The van der Waals surface area contributed by atoms with Gasteiger partial charge >= 0.3 is 5.97 Å². The van der Waals surface area contributed by atoms with Gasteiger partial charge in [0.05, 0.1) is 0 Å². The third-order valence-corrected chi connectivity index (χ3v) is 1.90. The molecule has 0 saturated carbocycles. The molecule has 4 heteroatoms. The SMILES string of the molecule is CC(C)(Nc1ccc(N)cc1)C(=O)O. The molecule has 14 heavy (non-hydrogen) atoms. The lowest BCUT2D eigenvalue weighted by Gasteiger charge is -2.22. The summed E-state index contributed by atoms with van der Waals surface area (Å²) < 4.78 is 0. The van der Waals surface area contributed by atoms with E-state index in [9.17, 15) is 4.79 Å². The van der Waals surface area contributed by atoms with E-state index in [1.54, 1.807) is 38.1 Å².